The third kappa shape index (κ3) is 4.28. The summed E-state index contributed by atoms with van der Waals surface area (Å²) in [5, 5.41) is 13.8. The summed E-state index contributed by atoms with van der Waals surface area (Å²) in [4.78, 5) is 25.7. The molecule has 1 aromatic heterocycles. The van der Waals surface area contributed by atoms with Crippen molar-refractivity contribution in [3.8, 4) is 5.69 Å². The van der Waals surface area contributed by atoms with Gasteiger partial charge in [0.1, 0.15) is 5.69 Å². The number of fused-ring (bicyclic) bond motifs is 1. The molecular weight excluding hydrogens is 404 g/mol. The number of anilines is 2. The lowest BCUT2D eigenvalue weighted by Gasteiger charge is -2.15. The molecule has 0 atom stereocenters. The van der Waals surface area contributed by atoms with Crippen LogP contribution in [-0.4, -0.2) is 33.5 Å². The predicted molar refractivity (Wildman–Crippen MR) is 115 cm³/mol. The zero-order chi connectivity index (χ0) is 21.1. The van der Waals surface area contributed by atoms with E-state index >= 15 is 0 Å². The van der Waals surface area contributed by atoms with Gasteiger partial charge in [-0.2, -0.15) is 0 Å². The van der Waals surface area contributed by atoms with Gasteiger partial charge < -0.3 is 15.5 Å². The van der Waals surface area contributed by atoms with Crippen LogP contribution in [0.2, 0.25) is 0 Å². The first kappa shape index (κ1) is 19.9. The average molecular weight is 425 g/mol. The average Bonchev–Trinajstić information content (AvgIpc) is 3.39. The van der Waals surface area contributed by atoms with Crippen LogP contribution in [0, 0.1) is 0 Å². The van der Waals surface area contributed by atoms with Crippen molar-refractivity contribution in [2.24, 2.45) is 0 Å². The topological polar surface area (TPSA) is 92.2 Å². The molecule has 0 bridgehead atoms. The Kier molecular flexibility index (Phi) is 5.67. The van der Waals surface area contributed by atoms with Crippen LogP contribution in [0.5, 0.6) is 0 Å². The number of urea groups is 1. The molecule has 1 aliphatic heterocycles. The van der Waals surface area contributed by atoms with Gasteiger partial charge in [-0.05, 0) is 41.8 Å². The lowest BCUT2D eigenvalue weighted by atomic mass is 10.1. The maximum Gasteiger partial charge on any atom is 0.319 e. The summed E-state index contributed by atoms with van der Waals surface area (Å²) in [7, 11) is 0. The summed E-state index contributed by atoms with van der Waals surface area (Å²) >= 11 is 5.82. The summed E-state index contributed by atoms with van der Waals surface area (Å²) in [6.07, 6.45) is 2.60. The Labute approximate surface area is 178 Å². The molecule has 0 radical (unpaired) electrons. The number of nitrogens with one attached hydrogen (secondary N) is 2. The van der Waals surface area contributed by atoms with Crippen LogP contribution in [0.1, 0.15) is 23.7 Å². The molecule has 0 spiro atoms. The monoisotopic (exact) mass is 424 g/mol. The fraction of sp³-hybridized carbons (Fsp3) is 0.238. The van der Waals surface area contributed by atoms with Crippen LogP contribution in [-0.2, 0) is 23.6 Å². The van der Waals surface area contributed by atoms with E-state index < -0.39 is 0 Å². The summed E-state index contributed by atoms with van der Waals surface area (Å²) in [5.41, 5.74) is 5.07. The highest BCUT2D eigenvalue weighted by molar-refractivity contribution is 6.17. The second-order valence-corrected chi connectivity index (χ2v) is 7.30. The molecule has 3 amide bonds. The van der Waals surface area contributed by atoms with Crippen molar-refractivity contribution in [1.29, 1.82) is 0 Å². The van der Waals surface area contributed by atoms with Crippen molar-refractivity contribution >= 4 is 34.9 Å². The van der Waals surface area contributed by atoms with Gasteiger partial charge in [-0.3, -0.25) is 4.79 Å². The molecule has 2 N–H and O–H groups in total. The minimum Gasteiger partial charge on any atom is -0.332 e. The minimum absolute atomic E-state index is 0.0250. The van der Waals surface area contributed by atoms with Crippen LogP contribution in [0.3, 0.4) is 0 Å². The van der Waals surface area contributed by atoms with Gasteiger partial charge >= 0.3 is 6.03 Å². The number of aromatic nitrogens is 3. The van der Waals surface area contributed by atoms with Gasteiger partial charge in [0.05, 0.1) is 18.4 Å². The number of nitrogens with zero attached hydrogens (tertiary/aromatic N) is 4. The highest BCUT2D eigenvalue weighted by Gasteiger charge is 2.22. The van der Waals surface area contributed by atoms with Crippen molar-refractivity contribution in [3.05, 3.63) is 65.5 Å². The van der Waals surface area contributed by atoms with E-state index in [1.54, 1.807) is 28.8 Å². The van der Waals surface area contributed by atoms with E-state index in [4.69, 9.17) is 11.6 Å². The van der Waals surface area contributed by atoms with Crippen LogP contribution >= 0.6 is 11.6 Å². The van der Waals surface area contributed by atoms with Gasteiger partial charge in [-0.15, -0.1) is 16.7 Å². The largest absolute Gasteiger partial charge is 0.332 e. The fourth-order valence-corrected chi connectivity index (χ4v) is 3.59. The molecule has 0 unspecified atom stereocenters. The standard InChI is InChI=1S/C21H21ClN6O2/c1-14(29)27-8-7-16-5-6-19(10-20(16)27)28-13-18(25-26-28)12-23-21(30)24-17-4-2-3-15(9-17)11-22/h2-6,9-10,13H,7-8,11-12H2,1H3,(H2,23,24,30). The molecule has 2 aromatic carbocycles. The molecule has 0 aliphatic carbocycles. The lowest BCUT2D eigenvalue weighted by molar-refractivity contribution is -0.116. The van der Waals surface area contributed by atoms with Crippen molar-refractivity contribution < 1.29 is 9.59 Å². The van der Waals surface area contributed by atoms with Gasteiger partial charge in [0.15, 0.2) is 0 Å². The van der Waals surface area contributed by atoms with Crippen LogP contribution < -0.4 is 15.5 Å². The molecule has 2 heterocycles. The van der Waals surface area contributed by atoms with Crippen LogP contribution in [0.25, 0.3) is 5.69 Å². The number of hydrogen-bond donors (Lipinski definition) is 2. The van der Waals surface area contributed by atoms with Gasteiger partial charge in [-0.1, -0.05) is 23.4 Å². The molecule has 4 rings (SSSR count). The first-order chi connectivity index (χ1) is 14.5. The quantitative estimate of drug-likeness (QED) is 0.615. The van der Waals surface area contributed by atoms with Crippen molar-refractivity contribution in [1.82, 2.24) is 20.3 Å². The Morgan fingerprint density at radius 2 is 2.07 bits per heavy atom. The van der Waals surface area contributed by atoms with E-state index in [9.17, 15) is 9.59 Å². The number of amides is 3. The smallest absolute Gasteiger partial charge is 0.319 e. The summed E-state index contributed by atoms with van der Waals surface area (Å²) in [5.74, 6) is 0.407. The van der Waals surface area contributed by atoms with Crippen molar-refractivity contribution in [2.75, 3.05) is 16.8 Å². The molecule has 3 aromatic rings. The Hall–Kier alpha value is -3.39. The minimum atomic E-state index is -0.342. The molecule has 0 fully saturated rings. The highest BCUT2D eigenvalue weighted by atomic mass is 35.5. The molecule has 30 heavy (non-hydrogen) atoms. The van der Waals surface area contributed by atoms with Gasteiger partial charge in [0.2, 0.25) is 5.91 Å². The predicted octanol–water partition coefficient (Wildman–Crippen LogP) is 3.24. The first-order valence-electron chi connectivity index (χ1n) is 9.56. The molecule has 9 heteroatoms. The van der Waals surface area contributed by atoms with E-state index in [1.807, 2.05) is 36.4 Å². The second-order valence-electron chi connectivity index (χ2n) is 7.03. The third-order valence-electron chi connectivity index (χ3n) is 4.92. The van der Waals surface area contributed by atoms with E-state index in [0.29, 0.717) is 23.8 Å². The number of benzene rings is 2. The molecule has 1 aliphatic rings. The van der Waals surface area contributed by atoms with E-state index in [1.165, 1.54) is 0 Å². The van der Waals surface area contributed by atoms with Gasteiger partial charge in [0.25, 0.3) is 0 Å². The number of hydrogen-bond acceptors (Lipinski definition) is 4. The summed E-state index contributed by atoms with van der Waals surface area (Å²) in [6, 6.07) is 12.9. The van der Waals surface area contributed by atoms with E-state index in [0.717, 1.165) is 28.9 Å². The Balaban J connectivity index is 1.39. The molecule has 0 saturated carbocycles. The normalized spacial score (nSPS) is 12.5. The zero-order valence-electron chi connectivity index (χ0n) is 16.4. The Morgan fingerprint density at radius 3 is 2.87 bits per heavy atom. The number of carbonyl (C=O) groups is 2. The van der Waals surface area contributed by atoms with Crippen molar-refractivity contribution in [2.45, 2.75) is 25.8 Å². The molecule has 0 saturated heterocycles. The first-order valence-corrected chi connectivity index (χ1v) is 10.1. The Bertz CT molecular complexity index is 1100. The molecule has 154 valence electrons. The third-order valence-corrected chi connectivity index (χ3v) is 5.23. The van der Waals surface area contributed by atoms with Crippen molar-refractivity contribution in [3.63, 3.8) is 0 Å². The maximum atomic E-state index is 12.1. The van der Waals surface area contributed by atoms with E-state index in [2.05, 4.69) is 20.9 Å². The van der Waals surface area contributed by atoms with Gasteiger partial charge in [0, 0.05) is 30.7 Å². The summed E-state index contributed by atoms with van der Waals surface area (Å²) < 4.78 is 1.63. The van der Waals surface area contributed by atoms with E-state index in [-0.39, 0.29) is 18.5 Å². The number of rotatable bonds is 5. The summed E-state index contributed by atoms with van der Waals surface area (Å²) in [6.45, 7) is 2.49. The zero-order valence-corrected chi connectivity index (χ0v) is 17.2. The number of carbonyl (C=O) groups excluding carboxylic acids is 2. The fourth-order valence-electron chi connectivity index (χ4n) is 3.42. The van der Waals surface area contributed by atoms with Crippen LogP contribution in [0.4, 0.5) is 16.2 Å². The second kappa shape index (κ2) is 8.54. The highest BCUT2D eigenvalue weighted by Crippen LogP contribution is 2.30. The Morgan fingerprint density at radius 1 is 1.20 bits per heavy atom. The SMILES string of the molecule is CC(=O)N1CCc2ccc(-n3cc(CNC(=O)Nc4cccc(CCl)c4)nn3)cc21. The number of alkyl halides is 1. The van der Waals surface area contributed by atoms with Crippen LogP contribution in [0.15, 0.2) is 48.7 Å². The molecular formula is C21H21ClN6O2. The maximum absolute atomic E-state index is 12.1. The molecule has 8 nitrogen and oxygen atoms in total. The van der Waals surface area contributed by atoms with Gasteiger partial charge in [-0.25, -0.2) is 9.48 Å². The number of halogens is 1. The lowest BCUT2D eigenvalue weighted by Crippen LogP contribution is -2.28.